The Balaban J connectivity index is 1.79. The van der Waals surface area contributed by atoms with Gasteiger partial charge in [-0.25, -0.2) is 4.98 Å². The molecule has 1 aliphatic rings. The number of pyridine rings is 2. The molecule has 1 fully saturated rings. The zero-order valence-corrected chi connectivity index (χ0v) is 14.8. The van der Waals surface area contributed by atoms with Crippen LogP contribution in [0.2, 0.25) is 5.02 Å². The molecule has 3 heterocycles. The summed E-state index contributed by atoms with van der Waals surface area (Å²) in [4.78, 5) is 9.23. The highest BCUT2D eigenvalue weighted by atomic mass is 35.5. The summed E-state index contributed by atoms with van der Waals surface area (Å²) >= 11 is 5.87. The van der Waals surface area contributed by atoms with Crippen molar-refractivity contribution in [2.45, 2.75) is 25.4 Å². The van der Waals surface area contributed by atoms with Gasteiger partial charge in [-0.3, -0.25) is 4.98 Å². The standard InChI is InChI=1S/C18H19ClF3N3O/c19-14-8-15(16(24-11-14)18(20,21)22)25-6-3-17(12-26,4-7-25)9-13-2-1-5-23-10-13/h1-2,5,8,10-11,26H,3-4,6-7,9,12H2. The lowest BCUT2D eigenvalue weighted by atomic mass is 9.74. The molecule has 0 saturated carbocycles. The fourth-order valence-corrected chi connectivity index (χ4v) is 3.59. The van der Waals surface area contributed by atoms with E-state index in [4.69, 9.17) is 11.6 Å². The lowest BCUT2D eigenvalue weighted by Crippen LogP contribution is -2.44. The van der Waals surface area contributed by atoms with E-state index in [1.54, 1.807) is 17.3 Å². The van der Waals surface area contributed by atoms with Crippen molar-refractivity contribution in [2.75, 3.05) is 24.6 Å². The van der Waals surface area contributed by atoms with Gasteiger partial charge in [0, 0.05) is 43.7 Å². The first-order chi connectivity index (χ1) is 12.3. The molecule has 1 saturated heterocycles. The number of anilines is 1. The fraction of sp³-hybridized carbons (Fsp3) is 0.444. The number of alkyl halides is 3. The van der Waals surface area contributed by atoms with Crippen LogP contribution >= 0.6 is 11.6 Å². The molecule has 0 radical (unpaired) electrons. The van der Waals surface area contributed by atoms with Gasteiger partial charge in [-0.15, -0.1) is 0 Å². The van der Waals surface area contributed by atoms with E-state index in [1.165, 1.54) is 6.07 Å². The van der Waals surface area contributed by atoms with Gasteiger partial charge < -0.3 is 10.0 Å². The van der Waals surface area contributed by atoms with E-state index in [-0.39, 0.29) is 22.7 Å². The summed E-state index contributed by atoms with van der Waals surface area (Å²) in [5, 5.41) is 10.1. The topological polar surface area (TPSA) is 49.3 Å². The van der Waals surface area contributed by atoms with Crippen molar-refractivity contribution in [3.8, 4) is 0 Å². The van der Waals surface area contributed by atoms with Crippen molar-refractivity contribution in [1.29, 1.82) is 0 Å². The molecule has 0 atom stereocenters. The predicted octanol–water partition coefficient (Wildman–Crippen LogP) is 3.97. The van der Waals surface area contributed by atoms with Crippen molar-refractivity contribution in [2.24, 2.45) is 5.41 Å². The highest BCUT2D eigenvalue weighted by molar-refractivity contribution is 6.30. The molecule has 8 heteroatoms. The second-order valence-corrected chi connectivity index (χ2v) is 7.14. The number of aliphatic hydroxyl groups is 1. The molecule has 0 aliphatic carbocycles. The molecule has 0 aromatic carbocycles. The largest absolute Gasteiger partial charge is 0.435 e. The van der Waals surface area contributed by atoms with Crippen molar-refractivity contribution >= 4 is 17.3 Å². The zero-order valence-electron chi connectivity index (χ0n) is 14.0. The van der Waals surface area contributed by atoms with Crippen LogP contribution in [0.1, 0.15) is 24.1 Å². The summed E-state index contributed by atoms with van der Waals surface area (Å²) in [6.45, 7) is 0.771. The molecule has 26 heavy (non-hydrogen) atoms. The van der Waals surface area contributed by atoms with Gasteiger partial charge in [0.05, 0.1) is 10.7 Å². The number of rotatable bonds is 4. The number of nitrogens with zero attached hydrogens (tertiary/aromatic N) is 3. The van der Waals surface area contributed by atoms with Gasteiger partial charge >= 0.3 is 6.18 Å². The maximum absolute atomic E-state index is 13.3. The molecule has 0 spiro atoms. The molecule has 1 N–H and O–H groups in total. The minimum absolute atomic E-state index is 0.00193. The Kier molecular flexibility index (Phi) is 5.39. The summed E-state index contributed by atoms with van der Waals surface area (Å²) in [5.74, 6) is 0. The van der Waals surface area contributed by atoms with Gasteiger partial charge in [0.25, 0.3) is 0 Å². The molecule has 2 aromatic rings. The fourth-order valence-electron chi connectivity index (χ4n) is 3.44. The molecule has 0 amide bonds. The van der Waals surface area contributed by atoms with Gasteiger partial charge in [0.2, 0.25) is 0 Å². The minimum atomic E-state index is -4.54. The minimum Gasteiger partial charge on any atom is -0.396 e. The number of piperidine rings is 1. The highest BCUT2D eigenvalue weighted by Gasteiger charge is 2.40. The van der Waals surface area contributed by atoms with E-state index in [0.717, 1.165) is 11.8 Å². The zero-order chi connectivity index (χ0) is 18.8. The Bertz CT molecular complexity index is 747. The number of hydrogen-bond donors (Lipinski definition) is 1. The van der Waals surface area contributed by atoms with E-state index in [1.807, 2.05) is 12.1 Å². The summed E-state index contributed by atoms with van der Waals surface area (Å²) < 4.78 is 39.8. The van der Waals surface area contributed by atoms with Crippen LogP contribution in [0.15, 0.2) is 36.8 Å². The van der Waals surface area contributed by atoms with E-state index in [2.05, 4.69) is 9.97 Å². The first kappa shape index (κ1) is 18.9. The molecule has 0 unspecified atom stereocenters. The van der Waals surface area contributed by atoms with Gasteiger partial charge in [-0.05, 0) is 37.0 Å². The molecule has 0 bridgehead atoms. The second kappa shape index (κ2) is 7.40. The Morgan fingerprint density at radius 1 is 1.23 bits per heavy atom. The molecule has 3 rings (SSSR count). The van der Waals surface area contributed by atoms with E-state index >= 15 is 0 Å². The Morgan fingerprint density at radius 2 is 1.96 bits per heavy atom. The Labute approximate surface area is 154 Å². The summed E-state index contributed by atoms with van der Waals surface area (Å²) in [6, 6.07) is 5.09. The average Bonchev–Trinajstić information content (AvgIpc) is 2.62. The summed E-state index contributed by atoms with van der Waals surface area (Å²) in [5.41, 5.74) is -0.275. The van der Waals surface area contributed by atoms with E-state index in [0.29, 0.717) is 32.4 Å². The van der Waals surface area contributed by atoms with Crippen LogP contribution in [0.3, 0.4) is 0 Å². The highest BCUT2D eigenvalue weighted by Crippen LogP contribution is 2.40. The van der Waals surface area contributed by atoms with Crippen LogP contribution in [0.5, 0.6) is 0 Å². The lowest BCUT2D eigenvalue weighted by Gasteiger charge is -2.42. The Morgan fingerprint density at radius 3 is 2.54 bits per heavy atom. The molecule has 4 nitrogen and oxygen atoms in total. The van der Waals surface area contributed by atoms with Crippen molar-refractivity contribution in [1.82, 2.24) is 9.97 Å². The van der Waals surface area contributed by atoms with Crippen molar-refractivity contribution in [3.63, 3.8) is 0 Å². The third kappa shape index (κ3) is 4.10. The van der Waals surface area contributed by atoms with Crippen LogP contribution in [0.4, 0.5) is 18.9 Å². The smallest absolute Gasteiger partial charge is 0.396 e. The predicted molar refractivity (Wildman–Crippen MR) is 93.2 cm³/mol. The van der Waals surface area contributed by atoms with Crippen LogP contribution in [0, 0.1) is 5.41 Å². The van der Waals surface area contributed by atoms with E-state index < -0.39 is 11.9 Å². The third-order valence-corrected chi connectivity index (χ3v) is 5.11. The van der Waals surface area contributed by atoms with Gasteiger partial charge in [-0.1, -0.05) is 17.7 Å². The van der Waals surface area contributed by atoms with Crippen LogP contribution < -0.4 is 4.90 Å². The number of aliphatic hydroxyl groups excluding tert-OH is 1. The Hall–Kier alpha value is -1.86. The quantitative estimate of drug-likeness (QED) is 0.865. The number of hydrogen-bond acceptors (Lipinski definition) is 4. The molecular weight excluding hydrogens is 367 g/mol. The van der Waals surface area contributed by atoms with Crippen LogP contribution in [0.25, 0.3) is 0 Å². The number of aromatic nitrogens is 2. The monoisotopic (exact) mass is 385 g/mol. The number of halogens is 4. The first-order valence-electron chi connectivity index (χ1n) is 8.30. The first-order valence-corrected chi connectivity index (χ1v) is 8.68. The van der Waals surface area contributed by atoms with Gasteiger partial charge in [-0.2, -0.15) is 13.2 Å². The molecule has 1 aliphatic heterocycles. The van der Waals surface area contributed by atoms with Gasteiger partial charge in [0.1, 0.15) is 0 Å². The lowest BCUT2D eigenvalue weighted by molar-refractivity contribution is -0.140. The molecule has 2 aromatic heterocycles. The van der Waals surface area contributed by atoms with E-state index in [9.17, 15) is 18.3 Å². The van der Waals surface area contributed by atoms with Crippen molar-refractivity contribution < 1.29 is 18.3 Å². The average molecular weight is 386 g/mol. The van der Waals surface area contributed by atoms with Crippen LogP contribution in [-0.4, -0.2) is 34.8 Å². The van der Waals surface area contributed by atoms with Crippen LogP contribution in [-0.2, 0) is 12.6 Å². The molecular formula is C18H19ClF3N3O. The van der Waals surface area contributed by atoms with Gasteiger partial charge in [0.15, 0.2) is 5.69 Å². The SMILES string of the molecule is OCC1(Cc2cccnc2)CCN(c2cc(Cl)cnc2C(F)(F)F)CC1. The normalized spacial score (nSPS) is 17.3. The maximum atomic E-state index is 13.3. The molecule has 140 valence electrons. The third-order valence-electron chi connectivity index (χ3n) is 4.90. The summed E-state index contributed by atoms with van der Waals surface area (Å²) in [7, 11) is 0. The summed E-state index contributed by atoms with van der Waals surface area (Å²) in [6.07, 6.45) is 1.70. The second-order valence-electron chi connectivity index (χ2n) is 6.70. The maximum Gasteiger partial charge on any atom is 0.435 e. The van der Waals surface area contributed by atoms with Crippen molar-refractivity contribution in [3.05, 3.63) is 53.1 Å².